The molecule has 0 radical (unpaired) electrons. The van der Waals surface area contributed by atoms with Crippen LogP contribution in [0.5, 0.6) is 0 Å². The summed E-state index contributed by atoms with van der Waals surface area (Å²) in [6.07, 6.45) is -11.8. The molecule has 2 aromatic heterocycles. The molecule has 2 saturated heterocycles. The van der Waals surface area contributed by atoms with Crippen molar-refractivity contribution < 1.29 is 66.6 Å². The van der Waals surface area contributed by atoms with Crippen molar-refractivity contribution >= 4 is 21.6 Å². The molecule has 0 bridgehead atoms. The second-order valence-corrected chi connectivity index (χ2v) is 12.9. The molecule has 2 aromatic rings. The zero-order chi connectivity index (χ0) is 34.3. The molecule has 2 fully saturated rings. The van der Waals surface area contributed by atoms with Crippen molar-refractivity contribution in [1.29, 1.82) is 0 Å². The number of H-pyrrole nitrogens is 2. The Hall–Kier alpha value is -3.11. The number of phosphoric ester groups is 2. The fourth-order valence-corrected chi connectivity index (χ4v) is 6.01. The summed E-state index contributed by atoms with van der Waals surface area (Å²) in [7, 11) is -10.5. The molecule has 22 nitrogen and oxygen atoms in total. The minimum absolute atomic E-state index is 0.00220. The van der Waals surface area contributed by atoms with E-state index >= 15 is 0 Å². The van der Waals surface area contributed by atoms with Crippen molar-refractivity contribution in [3.63, 3.8) is 0 Å². The Balaban J connectivity index is 1.55. The van der Waals surface area contributed by atoms with Crippen LogP contribution in [0.4, 0.5) is 0 Å². The van der Waals surface area contributed by atoms with E-state index in [9.17, 15) is 48.2 Å². The molecule has 0 amide bonds. The summed E-state index contributed by atoms with van der Waals surface area (Å²) < 4.78 is 56.4. The van der Waals surface area contributed by atoms with Crippen LogP contribution in [0.1, 0.15) is 30.5 Å². The third kappa shape index (κ3) is 8.05. The number of hydrogen-bond donors (Lipinski definition) is 7. The van der Waals surface area contributed by atoms with Crippen LogP contribution in [-0.4, -0.2) is 99.8 Å². The largest absolute Gasteiger partial charge is 0.472 e. The molecule has 2 aliphatic rings. The van der Waals surface area contributed by atoms with Crippen molar-refractivity contribution in [1.82, 2.24) is 19.1 Å². The van der Waals surface area contributed by atoms with Gasteiger partial charge in [0.05, 0.1) is 13.2 Å². The van der Waals surface area contributed by atoms with Gasteiger partial charge >= 0.3 is 33.0 Å². The smallest absolute Gasteiger partial charge is 0.457 e. The van der Waals surface area contributed by atoms with Crippen molar-refractivity contribution in [3.8, 4) is 0 Å². The molecule has 2 aliphatic heterocycles. The topological polar surface area (TPSA) is 317 Å². The fourth-order valence-electron chi connectivity index (χ4n) is 4.71. The molecule has 1 unspecified atom stereocenters. The standard InChI is InChI=1S/C22H30N4O18P2/c1-8-4-25(21(32)23-17(8)30)19-13(28)15(41-10(3)27)11(42-19)7-40-46(37,38)44-16-12(6-39-45(34,35)36)43-20(14(16)29)26-5-9(2)18(31)24-22(26)33/h4-5,11-16,19-20,28-29H,6-7H2,1-3H3,(H,37,38)(H,23,30,32)(H,24,31,33)(H2,34,35,36)/t11-,12-,13-,14-,15-,16-,19-,20-/m1/s1. The lowest BCUT2D eigenvalue weighted by Crippen LogP contribution is -2.40. The van der Waals surface area contributed by atoms with Crippen LogP contribution in [0, 0.1) is 13.8 Å². The third-order valence-electron chi connectivity index (χ3n) is 6.82. The number of hydrogen-bond acceptors (Lipinski definition) is 15. The van der Waals surface area contributed by atoms with Gasteiger partial charge in [-0.3, -0.25) is 47.1 Å². The normalized spacial score (nSPS) is 29.5. The van der Waals surface area contributed by atoms with E-state index in [1.807, 2.05) is 9.97 Å². The molecular formula is C22H30N4O18P2. The van der Waals surface area contributed by atoms with Gasteiger partial charge in [-0.25, -0.2) is 18.7 Å². The molecule has 0 spiro atoms. The highest BCUT2D eigenvalue weighted by Crippen LogP contribution is 2.50. The van der Waals surface area contributed by atoms with Crippen LogP contribution in [0.2, 0.25) is 0 Å². The lowest BCUT2D eigenvalue weighted by Gasteiger charge is -2.25. The Bertz CT molecular complexity index is 1800. The number of aromatic nitrogens is 4. The maximum Gasteiger partial charge on any atom is 0.472 e. The summed E-state index contributed by atoms with van der Waals surface area (Å²) >= 11 is 0. The van der Waals surface area contributed by atoms with Gasteiger partial charge in [0.15, 0.2) is 18.6 Å². The Morgan fingerprint density at radius 1 is 0.826 bits per heavy atom. The first kappa shape index (κ1) is 35.7. The predicted octanol–water partition coefficient (Wildman–Crippen LogP) is -3.24. The molecule has 9 atom stereocenters. The van der Waals surface area contributed by atoms with E-state index < -0.39 is 106 Å². The van der Waals surface area contributed by atoms with E-state index in [0.29, 0.717) is 4.57 Å². The highest BCUT2D eigenvalue weighted by Gasteiger charge is 2.51. The van der Waals surface area contributed by atoms with Crippen molar-refractivity contribution in [2.45, 2.75) is 69.9 Å². The Labute approximate surface area is 255 Å². The summed E-state index contributed by atoms with van der Waals surface area (Å²) in [6, 6.07) is 0. The Kier molecular flexibility index (Phi) is 10.5. The summed E-state index contributed by atoms with van der Waals surface area (Å²) in [5.41, 5.74) is -3.49. The SMILES string of the molecule is CC(=O)O[C@H]1[C@@H](O)[C@H](n2cc(C)c(=O)[nH]c2=O)O[C@@H]1COP(=O)(O)O[C@H]1[C@@H](O)[C@H](n2cc(C)c(=O)[nH]c2=O)O[C@@H]1COP(=O)(O)O. The highest BCUT2D eigenvalue weighted by atomic mass is 31.2. The monoisotopic (exact) mass is 700 g/mol. The summed E-state index contributed by atoms with van der Waals surface area (Å²) in [6.45, 7) is 1.69. The van der Waals surface area contributed by atoms with Gasteiger partial charge in [0.2, 0.25) is 0 Å². The first-order valence-corrected chi connectivity index (χ1v) is 16.1. The quantitative estimate of drug-likeness (QED) is 0.0894. The molecule has 24 heteroatoms. The fraction of sp³-hybridized carbons (Fsp3) is 0.591. The van der Waals surface area contributed by atoms with Crippen molar-refractivity contribution in [2.75, 3.05) is 13.2 Å². The number of nitrogens with zero attached hydrogens (tertiary/aromatic N) is 2. The number of aromatic amines is 2. The lowest BCUT2D eigenvalue weighted by molar-refractivity contribution is -0.153. The molecular weight excluding hydrogens is 670 g/mol. The summed E-state index contributed by atoms with van der Waals surface area (Å²) in [5.74, 6) is -0.912. The summed E-state index contributed by atoms with van der Waals surface area (Å²) in [5, 5.41) is 21.7. The van der Waals surface area contributed by atoms with E-state index in [1.165, 1.54) is 13.8 Å². The van der Waals surface area contributed by atoms with Gasteiger partial charge < -0.3 is 39.1 Å². The first-order chi connectivity index (χ1) is 21.3. The van der Waals surface area contributed by atoms with E-state index in [1.54, 1.807) is 0 Å². The maximum atomic E-state index is 13.0. The van der Waals surface area contributed by atoms with Crippen LogP contribution < -0.4 is 22.5 Å². The van der Waals surface area contributed by atoms with Crippen molar-refractivity contribution in [3.05, 3.63) is 65.2 Å². The van der Waals surface area contributed by atoms with E-state index in [4.69, 9.17) is 33.0 Å². The van der Waals surface area contributed by atoms with Crippen LogP contribution in [0.3, 0.4) is 0 Å². The minimum Gasteiger partial charge on any atom is -0.457 e. The lowest BCUT2D eigenvalue weighted by atomic mass is 10.1. The maximum absolute atomic E-state index is 13.0. The second-order valence-electron chi connectivity index (χ2n) is 10.3. The predicted molar refractivity (Wildman–Crippen MR) is 146 cm³/mol. The number of aliphatic hydroxyl groups excluding tert-OH is 2. The molecule has 4 rings (SSSR count). The van der Waals surface area contributed by atoms with Gasteiger partial charge in [-0.1, -0.05) is 0 Å². The van der Waals surface area contributed by atoms with Gasteiger partial charge in [-0.05, 0) is 13.8 Å². The Morgan fingerprint density at radius 2 is 1.26 bits per heavy atom. The van der Waals surface area contributed by atoms with Gasteiger partial charge in [-0.15, -0.1) is 0 Å². The number of nitrogens with one attached hydrogen (secondary N) is 2. The third-order valence-corrected chi connectivity index (χ3v) is 8.30. The molecule has 4 heterocycles. The Morgan fingerprint density at radius 3 is 1.72 bits per heavy atom. The molecule has 0 aromatic carbocycles. The number of aliphatic hydroxyl groups is 2. The number of esters is 1. The molecule has 256 valence electrons. The molecule has 0 saturated carbocycles. The van der Waals surface area contributed by atoms with Gasteiger partial charge in [0.25, 0.3) is 11.1 Å². The zero-order valence-corrected chi connectivity index (χ0v) is 25.8. The van der Waals surface area contributed by atoms with Crippen LogP contribution >= 0.6 is 15.6 Å². The number of carbonyl (C=O) groups is 1. The highest BCUT2D eigenvalue weighted by molar-refractivity contribution is 7.47. The van der Waals surface area contributed by atoms with E-state index in [-0.39, 0.29) is 11.1 Å². The van der Waals surface area contributed by atoms with Gasteiger partial charge in [0, 0.05) is 30.4 Å². The van der Waals surface area contributed by atoms with Crippen molar-refractivity contribution in [2.24, 2.45) is 0 Å². The van der Waals surface area contributed by atoms with Gasteiger partial charge in [0.1, 0.15) is 30.5 Å². The number of ether oxygens (including phenoxy) is 3. The molecule has 0 aliphatic carbocycles. The zero-order valence-electron chi connectivity index (χ0n) is 24.0. The van der Waals surface area contributed by atoms with Crippen LogP contribution in [0.15, 0.2) is 31.6 Å². The summed E-state index contributed by atoms with van der Waals surface area (Å²) in [4.78, 5) is 92.8. The number of aryl methyl sites for hydroxylation is 2. The number of phosphoric acid groups is 2. The first-order valence-electron chi connectivity index (χ1n) is 13.1. The van der Waals surface area contributed by atoms with Gasteiger partial charge in [-0.2, -0.15) is 0 Å². The second kappa shape index (κ2) is 13.6. The average Bonchev–Trinajstić information content (AvgIpc) is 3.40. The van der Waals surface area contributed by atoms with Crippen LogP contribution in [-0.2, 0) is 41.7 Å². The van der Waals surface area contributed by atoms with E-state index in [2.05, 4.69) is 4.52 Å². The van der Waals surface area contributed by atoms with Crippen LogP contribution in [0.25, 0.3) is 0 Å². The number of rotatable bonds is 11. The molecule has 46 heavy (non-hydrogen) atoms. The average molecular weight is 700 g/mol. The number of carbonyl (C=O) groups excluding carboxylic acids is 1. The molecule has 7 N–H and O–H groups in total. The minimum atomic E-state index is -5.33. The van der Waals surface area contributed by atoms with E-state index in [0.717, 1.165) is 23.9 Å².